The van der Waals surface area contributed by atoms with Gasteiger partial charge in [-0.2, -0.15) is 0 Å². The number of amides is 1. The van der Waals surface area contributed by atoms with E-state index in [2.05, 4.69) is 0 Å². The van der Waals surface area contributed by atoms with Crippen LogP contribution in [0.3, 0.4) is 0 Å². The van der Waals surface area contributed by atoms with Gasteiger partial charge < -0.3 is 19.5 Å². The monoisotopic (exact) mass is 333 g/mol. The molecule has 1 heterocycles. The Morgan fingerprint density at radius 3 is 2.62 bits per heavy atom. The van der Waals surface area contributed by atoms with Gasteiger partial charge in [-0.05, 0) is 36.8 Å². The minimum absolute atomic E-state index is 0.0551. The van der Waals surface area contributed by atoms with Crippen LogP contribution in [0.1, 0.15) is 30.1 Å². The highest BCUT2D eigenvalue weighted by Crippen LogP contribution is 2.33. The third-order valence-corrected chi connectivity index (χ3v) is 4.81. The molecule has 1 saturated carbocycles. The van der Waals surface area contributed by atoms with E-state index in [-0.39, 0.29) is 18.4 Å². The van der Waals surface area contributed by atoms with Gasteiger partial charge in [-0.15, -0.1) is 0 Å². The zero-order chi connectivity index (χ0) is 17.3. The first-order chi connectivity index (χ1) is 11.5. The smallest absolute Gasteiger partial charge is 0.308 e. The van der Waals surface area contributed by atoms with Crippen molar-refractivity contribution in [1.29, 1.82) is 0 Å². The van der Waals surface area contributed by atoms with Gasteiger partial charge in [0.15, 0.2) is 0 Å². The van der Waals surface area contributed by atoms with Gasteiger partial charge in [-0.25, -0.2) is 0 Å². The molecule has 3 rings (SSSR count). The molecule has 0 spiro atoms. The summed E-state index contributed by atoms with van der Waals surface area (Å²) in [6.45, 7) is 3.15. The summed E-state index contributed by atoms with van der Waals surface area (Å²) in [5, 5.41) is 9.25. The zero-order valence-corrected chi connectivity index (χ0v) is 14.0. The van der Waals surface area contributed by atoms with Crippen molar-refractivity contribution < 1.29 is 24.2 Å². The molecule has 0 aromatic heterocycles. The molecule has 0 bridgehead atoms. The molecule has 130 valence electrons. The first-order valence-corrected chi connectivity index (χ1v) is 8.32. The van der Waals surface area contributed by atoms with Crippen LogP contribution >= 0.6 is 0 Å². The third kappa shape index (κ3) is 3.47. The van der Waals surface area contributed by atoms with Crippen molar-refractivity contribution in [2.45, 2.75) is 19.8 Å². The minimum Gasteiger partial charge on any atom is -0.497 e. The maximum absolute atomic E-state index is 12.9. The van der Waals surface area contributed by atoms with E-state index in [1.54, 1.807) is 30.2 Å². The van der Waals surface area contributed by atoms with Crippen LogP contribution in [0, 0.1) is 17.8 Å². The Hall–Kier alpha value is -2.24. The number of hydrogen-bond donors (Lipinski definition) is 1. The molecule has 2 aliphatic rings. The van der Waals surface area contributed by atoms with Gasteiger partial charge in [0.1, 0.15) is 11.5 Å². The Morgan fingerprint density at radius 2 is 2.04 bits per heavy atom. The van der Waals surface area contributed by atoms with Crippen LogP contribution in [0.5, 0.6) is 11.5 Å². The number of carboxylic acids is 1. The average Bonchev–Trinajstić information content (AvgIpc) is 3.32. The molecule has 6 nitrogen and oxygen atoms in total. The van der Waals surface area contributed by atoms with Crippen molar-refractivity contribution in [3.63, 3.8) is 0 Å². The summed E-state index contributed by atoms with van der Waals surface area (Å²) in [7, 11) is 1.57. The highest BCUT2D eigenvalue weighted by molar-refractivity contribution is 5.97. The van der Waals surface area contributed by atoms with E-state index in [0.29, 0.717) is 36.1 Å². The molecule has 1 aliphatic carbocycles. The van der Waals surface area contributed by atoms with Gasteiger partial charge in [-0.3, -0.25) is 9.59 Å². The number of aliphatic carboxylic acids is 1. The topological polar surface area (TPSA) is 76.1 Å². The number of carbonyl (C=O) groups excluding carboxylic acids is 1. The Morgan fingerprint density at radius 1 is 1.29 bits per heavy atom. The molecule has 1 N–H and O–H groups in total. The Bertz CT molecular complexity index is 640. The fraction of sp³-hybridized carbons (Fsp3) is 0.556. The highest BCUT2D eigenvalue weighted by atomic mass is 16.5. The van der Waals surface area contributed by atoms with Crippen LogP contribution in [0.4, 0.5) is 0 Å². The minimum atomic E-state index is -0.849. The number of hydrogen-bond acceptors (Lipinski definition) is 4. The number of ether oxygens (including phenoxy) is 2. The van der Waals surface area contributed by atoms with E-state index < -0.39 is 11.9 Å². The van der Waals surface area contributed by atoms with E-state index in [4.69, 9.17) is 9.47 Å². The fourth-order valence-electron chi connectivity index (χ4n) is 3.04. The number of carbonyl (C=O) groups is 2. The number of likely N-dealkylation sites (tertiary alicyclic amines) is 1. The maximum atomic E-state index is 12.9. The van der Waals surface area contributed by atoms with E-state index in [9.17, 15) is 14.7 Å². The summed E-state index contributed by atoms with van der Waals surface area (Å²) in [4.78, 5) is 25.7. The first kappa shape index (κ1) is 16.6. The molecule has 6 heteroatoms. The molecule has 0 radical (unpaired) electrons. The predicted molar refractivity (Wildman–Crippen MR) is 87.4 cm³/mol. The van der Waals surface area contributed by atoms with Crippen LogP contribution < -0.4 is 9.47 Å². The van der Waals surface area contributed by atoms with Gasteiger partial charge in [0.2, 0.25) is 0 Å². The van der Waals surface area contributed by atoms with E-state index in [1.807, 2.05) is 6.92 Å². The Labute approximate surface area is 141 Å². The fourth-order valence-corrected chi connectivity index (χ4v) is 3.04. The largest absolute Gasteiger partial charge is 0.497 e. The zero-order valence-electron chi connectivity index (χ0n) is 14.0. The standard InChI is InChI=1S/C18H23NO5/c1-11-8-19(9-15(11)18(21)22)17(20)14-6-5-13(23-2)7-16(14)24-10-12-3-4-12/h5-7,11-12,15H,3-4,8-10H2,1-2H3,(H,21,22)/t11-,15-/m1/s1. The van der Waals surface area contributed by atoms with Gasteiger partial charge in [0, 0.05) is 19.2 Å². The molecule has 1 saturated heterocycles. The molecular weight excluding hydrogens is 310 g/mol. The van der Waals surface area contributed by atoms with Crippen molar-refractivity contribution in [2.24, 2.45) is 17.8 Å². The van der Waals surface area contributed by atoms with Crippen molar-refractivity contribution in [1.82, 2.24) is 4.90 Å². The average molecular weight is 333 g/mol. The summed E-state index contributed by atoms with van der Waals surface area (Å²) in [6.07, 6.45) is 2.33. The van der Waals surface area contributed by atoms with Crippen LogP contribution in [0.25, 0.3) is 0 Å². The number of rotatable bonds is 6. The van der Waals surface area contributed by atoms with Crippen LogP contribution in [0.15, 0.2) is 18.2 Å². The lowest BCUT2D eigenvalue weighted by molar-refractivity contribution is -0.142. The maximum Gasteiger partial charge on any atom is 0.308 e. The summed E-state index contributed by atoms with van der Waals surface area (Å²) < 4.78 is 11.1. The second-order valence-electron chi connectivity index (χ2n) is 6.75. The predicted octanol–water partition coefficient (Wildman–Crippen LogP) is 2.28. The summed E-state index contributed by atoms with van der Waals surface area (Å²) in [5.74, 6) is 0.121. The van der Waals surface area contributed by atoms with Crippen molar-refractivity contribution in [2.75, 3.05) is 26.8 Å². The van der Waals surface area contributed by atoms with E-state index in [0.717, 1.165) is 12.8 Å². The van der Waals surface area contributed by atoms with Crippen LogP contribution in [-0.2, 0) is 4.79 Å². The molecule has 1 aliphatic heterocycles. The molecular formula is C18H23NO5. The van der Waals surface area contributed by atoms with Gasteiger partial charge in [0.05, 0.1) is 25.2 Å². The normalized spacial score (nSPS) is 23.2. The lowest BCUT2D eigenvalue weighted by Gasteiger charge is -2.19. The van der Waals surface area contributed by atoms with Crippen LogP contribution in [0.2, 0.25) is 0 Å². The molecule has 1 aromatic carbocycles. The number of methoxy groups -OCH3 is 1. The first-order valence-electron chi connectivity index (χ1n) is 8.32. The molecule has 2 fully saturated rings. The van der Waals surface area contributed by atoms with Gasteiger partial charge in [0.25, 0.3) is 5.91 Å². The molecule has 1 aromatic rings. The number of nitrogens with zero attached hydrogens (tertiary/aromatic N) is 1. The molecule has 24 heavy (non-hydrogen) atoms. The summed E-state index contributed by atoms with van der Waals surface area (Å²) >= 11 is 0. The van der Waals surface area contributed by atoms with E-state index in [1.165, 1.54) is 0 Å². The molecule has 0 unspecified atom stereocenters. The summed E-state index contributed by atoms with van der Waals surface area (Å²) in [5.41, 5.74) is 0.467. The van der Waals surface area contributed by atoms with Crippen molar-refractivity contribution in [3.8, 4) is 11.5 Å². The third-order valence-electron chi connectivity index (χ3n) is 4.81. The van der Waals surface area contributed by atoms with Crippen LogP contribution in [-0.4, -0.2) is 48.7 Å². The summed E-state index contributed by atoms with van der Waals surface area (Å²) in [6, 6.07) is 5.15. The molecule has 1 amide bonds. The lowest BCUT2D eigenvalue weighted by Crippen LogP contribution is -2.30. The Balaban J connectivity index is 1.79. The second-order valence-corrected chi connectivity index (χ2v) is 6.75. The molecule has 2 atom stereocenters. The quantitative estimate of drug-likeness (QED) is 0.864. The Kier molecular flexibility index (Phi) is 4.64. The number of carboxylic acid groups (broad SMARTS) is 1. The van der Waals surface area contributed by atoms with Gasteiger partial charge >= 0.3 is 5.97 Å². The van der Waals surface area contributed by atoms with Crippen molar-refractivity contribution >= 4 is 11.9 Å². The SMILES string of the molecule is COc1ccc(C(=O)N2C[C@@H](C)[C@H](C(=O)O)C2)c(OCC2CC2)c1. The van der Waals surface area contributed by atoms with E-state index >= 15 is 0 Å². The second kappa shape index (κ2) is 6.71. The lowest BCUT2D eigenvalue weighted by atomic mass is 9.99. The number of benzene rings is 1. The van der Waals surface area contributed by atoms with Crippen molar-refractivity contribution in [3.05, 3.63) is 23.8 Å². The van der Waals surface area contributed by atoms with Gasteiger partial charge in [-0.1, -0.05) is 6.92 Å². The highest BCUT2D eigenvalue weighted by Gasteiger charge is 2.38.